The molecule has 2 rings (SSSR count). The predicted molar refractivity (Wildman–Crippen MR) is 119 cm³/mol. The maximum atomic E-state index is 13.7. The summed E-state index contributed by atoms with van der Waals surface area (Å²) in [5, 5.41) is 18.3. The van der Waals surface area contributed by atoms with Gasteiger partial charge >= 0.3 is 0 Å². The summed E-state index contributed by atoms with van der Waals surface area (Å²) >= 11 is 0. The van der Waals surface area contributed by atoms with E-state index in [4.69, 9.17) is 19.3 Å². The highest BCUT2D eigenvalue weighted by Gasteiger charge is 2.43. The van der Waals surface area contributed by atoms with Crippen LogP contribution in [0, 0.1) is 0 Å². The van der Waals surface area contributed by atoms with Gasteiger partial charge in [-0.25, -0.2) is 0 Å². The molecule has 0 saturated carbocycles. The molecule has 0 bridgehead atoms. The van der Waals surface area contributed by atoms with Gasteiger partial charge in [-0.05, 0) is 37.1 Å². The summed E-state index contributed by atoms with van der Waals surface area (Å²) in [6, 6.07) is 16.0. The first kappa shape index (κ1) is 25.0. The van der Waals surface area contributed by atoms with E-state index in [0.29, 0.717) is 30.1 Å². The fourth-order valence-electron chi connectivity index (χ4n) is 2.99. The number of carbonyl (C=O) groups is 1. The van der Waals surface area contributed by atoms with E-state index in [-0.39, 0.29) is 19.0 Å². The van der Waals surface area contributed by atoms with Crippen molar-refractivity contribution in [2.45, 2.75) is 51.4 Å². The van der Waals surface area contributed by atoms with Crippen LogP contribution in [0.5, 0.6) is 5.75 Å². The third kappa shape index (κ3) is 7.14. The van der Waals surface area contributed by atoms with Gasteiger partial charge in [0.15, 0.2) is 0 Å². The maximum Gasteiger partial charge on any atom is 0.261 e. The predicted octanol–water partition coefficient (Wildman–Crippen LogP) is 4.09. The number of carbonyl (C=O) groups excluding carboxylic acids is 1. The molecule has 0 saturated heterocycles. The molecule has 2 aromatic rings. The molecule has 0 aliphatic rings. The largest absolute Gasteiger partial charge is 0.491 e. The van der Waals surface area contributed by atoms with Gasteiger partial charge in [0.2, 0.25) is 5.78 Å². The van der Waals surface area contributed by atoms with Crippen LogP contribution in [0.3, 0.4) is 0 Å². The molecule has 6 nitrogen and oxygen atoms in total. The zero-order chi connectivity index (χ0) is 22.5. The smallest absolute Gasteiger partial charge is 0.261 e. The van der Waals surface area contributed by atoms with Crippen molar-refractivity contribution >= 4 is 5.78 Å². The number of rotatable bonds is 15. The number of aliphatic hydroxyl groups is 2. The first-order valence-electron chi connectivity index (χ1n) is 11.0. The van der Waals surface area contributed by atoms with Gasteiger partial charge in [-0.15, -0.1) is 0 Å². The van der Waals surface area contributed by atoms with Crippen molar-refractivity contribution in [2.75, 3.05) is 26.4 Å². The normalized spacial score (nSPS) is 12.5. The zero-order valence-electron chi connectivity index (χ0n) is 18.5. The SMILES string of the molecule is CCCCOC(OCCCC)(C(=O)c1ccc(OCC(O)CO)cc1)c1ccccc1. The number of benzene rings is 2. The Kier molecular flexibility index (Phi) is 10.7. The van der Waals surface area contributed by atoms with E-state index in [1.807, 2.05) is 30.3 Å². The summed E-state index contributed by atoms with van der Waals surface area (Å²) in [5.41, 5.74) is 1.10. The van der Waals surface area contributed by atoms with Crippen LogP contribution in [0.2, 0.25) is 0 Å². The number of Topliss-reactive ketones (excluding diaryl/α,β-unsaturated/α-hetero) is 1. The van der Waals surface area contributed by atoms with Crippen molar-refractivity contribution in [1.82, 2.24) is 0 Å². The average Bonchev–Trinajstić information content (AvgIpc) is 2.82. The monoisotopic (exact) mass is 430 g/mol. The molecule has 0 heterocycles. The number of unbranched alkanes of at least 4 members (excludes halogenated alkanes) is 2. The number of ether oxygens (including phenoxy) is 3. The van der Waals surface area contributed by atoms with Gasteiger partial charge in [0.25, 0.3) is 5.79 Å². The van der Waals surface area contributed by atoms with Crippen molar-refractivity contribution in [1.29, 1.82) is 0 Å². The molecule has 0 amide bonds. The maximum absolute atomic E-state index is 13.7. The second-order valence-corrected chi connectivity index (χ2v) is 7.39. The standard InChI is InChI=1S/C25H34O6/c1-3-5-16-30-25(31-17-6-4-2,21-10-8-7-9-11-21)24(28)20-12-14-23(15-13-20)29-19-22(27)18-26/h7-15,22,26-27H,3-6,16-19H2,1-2H3. The lowest BCUT2D eigenvalue weighted by atomic mass is 9.95. The van der Waals surface area contributed by atoms with E-state index in [2.05, 4.69) is 13.8 Å². The minimum atomic E-state index is -1.51. The van der Waals surface area contributed by atoms with Crippen molar-refractivity contribution < 1.29 is 29.2 Å². The van der Waals surface area contributed by atoms with Crippen LogP contribution in [0.4, 0.5) is 0 Å². The number of hydrogen-bond donors (Lipinski definition) is 2. The van der Waals surface area contributed by atoms with Gasteiger partial charge in [-0.1, -0.05) is 57.0 Å². The summed E-state index contributed by atoms with van der Waals surface area (Å²) in [4.78, 5) is 13.7. The first-order valence-corrected chi connectivity index (χ1v) is 11.0. The summed E-state index contributed by atoms with van der Waals surface area (Å²) in [5.74, 6) is -1.29. The van der Waals surface area contributed by atoms with Gasteiger partial charge < -0.3 is 24.4 Å². The van der Waals surface area contributed by atoms with Crippen LogP contribution < -0.4 is 4.74 Å². The van der Waals surface area contributed by atoms with Crippen LogP contribution in [0.25, 0.3) is 0 Å². The molecule has 1 atom stereocenters. The Morgan fingerprint density at radius 1 is 0.935 bits per heavy atom. The second-order valence-electron chi connectivity index (χ2n) is 7.39. The third-order valence-corrected chi connectivity index (χ3v) is 4.83. The van der Waals surface area contributed by atoms with Gasteiger partial charge in [0, 0.05) is 11.1 Å². The molecule has 2 N–H and O–H groups in total. The fraction of sp³-hybridized carbons (Fsp3) is 0.480. The Balaban J connectivity index is 2.33. The molecule has 6 heteroatoms. The topological polar surface area (TPSA) is 85.2 Å². The highest BCUT2D eigenvalue weighted by Crippen LogP contribution is 2.33. The van der Waals surface area contributed by atoms with E-state index in [1.165, 1.54) is 0 Å². The molecule has 170 valence electrons. The number of aliphatic hydroxyl groups excluding tert-OH is 2. The van der Waals surface area contributed by atoms with E-state index in [0.717, 1.165) is 25.7 Å². The molecule has 0 aliphatic heterocycles. The quantitative estimate of drug-likeness (QED) is 0.252. The van der Waals surface area contributed by atoms with Gasteiger partial charge in [-0.3, -0.25) is 4.79 Å². The van der Waals surface area contributed by atoms with E-state index < -0.39 is 11.9 Å². The van der Waals surface area contributed by atoms with Gasteiger partial charge in [-0.2, -0.15) is 0 Å². The Labute approximate surface area is 184 Å². The van der Waals surface area contributed by atoms with Crippen molar-refractivity contribution in [2.24, 2.45) is 0 Å². The zero-order valence-corrected chi connectivity index (χ0v) is 18.5. The van der Waals surface area contributed by atoms with Crippen LogP contribution in [-0.2, 0) is 15.3 Å². The van der Waals surface area contributed by atoms with Crippen molar-refractivity contribution in [3.05, 3.63) is 65.7 Å². The average molecular weight is 431 g/mol. The molecule has 0 aromatic heterocycles. The van der Waals surface area contributed by atoms with Gasteiger partial charge in [0.05, 0.1) is 19.8 Å². The molecule has 0 fully saturated rings. The lowest BCUT2D eigenvalue weighted by Gasteiger charge is -2.33. The fourth-order valence-corrected chi connectivity index (χ4v) is 2.99. The summed E-state index contributed by atoms with van der Waals surface area (Å²) in [7, 11) is 0. The summed E-state index contributed by atoms with van der Waals surface area (Å²) < 4.78 is 17.8. The highest BCUT2D eigenvalue weighted by molar-refractivity contribution is 6.02. The Morgan fingerprint density at radius 2 is 1.52 bits per heavy atom. The molecular weight excluding hydrogens is 396 g/mol. The van der Waals surface area contributed by atoms with Gasteiger partial charge in [0.1, 0.15) is 18.5 Å². The third-order valence-electron chi connectivity index (χ3n) is 4.83. The van der Waals surface area contributed by atoms with Crippen LogP contribution in [-0.4, -0.2) is 48.5 Å². The summed E-state index contributed by atoms with van der Waals surface area (Å²) in [6.45, 7) is 4.55. The molecular formula is C25H34O6. The molecule has 2 aromatic carbocycles. The van der Waals surface area contributed by atoms with Crippen LogP contribution in [0.1, 0.15) is 55.5 Å². The van der Waals surface area contributed by atoms with Crippen molar-refractivity contribution in [3.63, 3.8) is 0 Å². The lowest BCUT2D eigenvalue weighted by Crippen LogP contribution is -2.42. The van der Waals surface area contributed by atoms with Crippen LogP contribution >= 0.6 is 0 Å². The minimum Gasteiger partial charge on any atom is -0.491 e. The highest BCUT2D eigenvalue weighted by atomic mass is 16.7. The molecule has 1 unspecified atom stereocenters. The second kappa shape index (κ2) is 13.2. The first-order chi connectivity index (χ1) is 15.1. The molecule has 0 radical (unpaired) electrons. The molecule has 0 spiro atoms. The molecule has 0 aliphatic carbocycles. The van der Waals surface area contributed by atoms with E-state index >= 15 is 0 Å². The minimum absolute atomic E-state index is 0.0298. The lowest BCUT2D eigenvalue weighted by molar-refractivity contribution is -0.210. The molecule has 31 heavy (non-hydrogen) atoms. The van der Waals surface area contributed by atoms with E-state index in [1.54, 1.807) is 24.3 Å². The summed E-state index contributed by atoms with van der Waals surface area (Å²) in [6.07, 6.45) is 2.57. The number of ketones is 1. The van der Waals surface area contributed by atoms with E-state index in [9.17, 15) is 9.90 Å². The van der Waals surface area contributed by atoms with Crippen LogP contribution in [0.15, 0.2) is 54.6 Å². The Morgan fingerprint density at radius 3 is 2.03 bits per heavy atom. The Hall–Kier alpha value is -2.25. The van der Waals surface area contributed by atoms with Crippen molar-refractivity contribution in [3.8, 4) is 5.75 Å². The number of hydrogen-bond acceptors (Lipinski definition) is 6. The Bertz CT molecular complexity index is 749.